The molecule has 1 saturated heterocycles. The van der Waals surface area contributed by atoms with Crippen molar-refractivity contribution in [3.05, 3.63) is 43.0 Å². The number of hydrogen-bond donors (Lipinski definition) is 1. The molecule has 11 atom stereocenters. The topological polar surface area (TPSA) is 190 Å². The third kappa shape index (κ3) is 5.69. The van der Waals surface area contributed by atoms with Crippen LogP contribution in [0.25, 0.3) is 10.4 Å². The molecule has 6 rings (SSSR count). The van der Waals surface area contributed by atoms with Gasteiger partial charge in [0.25, 0.3) is 5.56 Å². The molecule has 0 amide bonds. The summed E-state index contributed by atoms with van der Waals surface area (Å²) in [6, 6.07) is -0.679. The fraction of sp³-hybridized carbons (Fsp3) is 0.765. The zero-order valence-electron chi connectivity index (χ0n) is 27.6. The van der Waals surface area contributed by atoms with Crippen molar-refractivity contribution in [3.63, 3.8) is 0 Å². The largest absolute Gasteiger partial charge is 0.463 e. The summed E-state index contributed by atoms with van der Waals surface area (Å²) in [6.45, 7) is 7.73. The summed E-state index contributed by atoms with van der Waals surface area (Å²) in [4.78, 5) is 82.1. The first-order chi connectivity index (χ1) is 22.3. The number of ether oxygens (including phenoxy) is 2. The summed E-state index contributed by atoms with van der Waals surface area (Å²) in [5, 5.41) is 3.78. The van der Waals surface area contributed by atoms with E-state index in [4.69, 9.17) is 15.0 Å². The van der Waals surface area contributed by atoms with Crippen LogP contribution in [-0.2, 0) is 28.7 Å². The highest BCUT2D eigenvalue weighted by atomic mass is 16.6. The summed E-state index contributed by atoms with van der Waals surface area (Å²) < 4.78 is 12.7. The minimum absolute atomic E-state index is 0.00473. The fourth-order valence-electron chi connectivity index (χ4n) is 10.2. The van der Waals surface area contributed by atoms with Gasteiger partial charge in [0.05, 0.1) is 6.04 Å². The molecule has 5 fully saturated rings. The van der Waals surface area contributed by atoms with Gasteiger partial charge in [-0.05, 0) is 73.1 Å². The summed E-state index contributed by atoms with van der Waals surface area (Å²) in [5.41, 5.74) is 7.45. The number of nitrogens with zero attached hydrogens (tertiary/aromatic N) is 4. The number of aromatic nitrogens is 2. The van der Waals surface area contributed by atoms with E-state index in [0.717, 1.165) is 19.3 Å². The molecule has 2 heterocycles. The van der Waals surface area contributed by atoms with Gasteiger partial charge in [-0.15, -0.1) is 0 Å². The van der Waals surface area contributed by atoms with Crippen LogP contribution in [0.15, 0.2) is 20.9 Å². The molecule has 1 aliphatic heterocycles. The predicted molar refractivity (Wildman–Crippen MR) is 168 cm³/mol. The Morgan fingerprint density at radius 3 is 2.68 bits per heavy atom. The molecule has 1 aromatic rings. The van der Waals surface area contributed by atoms with E-state index in [-0.39, 0.29) is 77.7 Å². The number of azide groups is 1. The van der Waals surface area contributed by atoms with Crippen molar-refractivity contribution in [2.75, 3.05) is 6.61 Å². The van der Waals surface area contributed by atoms with Crippen LogP contribution >= 0.6 is 0 Å². The number of H-pyrrole nitrogens is 1. The molecule has 13 heteroatoms. The van der Waals surface area contributed by atoms with Crippen LogP contribution in [0, 0.1) is 53.3 Å². The van der Waals surface area contributed by atoms with E-state index in [2.05, 4.69) is 28.9 Å². The molecule has 0 spiro atoms. The maximum absolute atomic E-state index is 14.1. The molecule has 0 aromatic carbocycles. The quantitative estimate of drug-likeness (QED) is 0.186. The van der Waals surface area contributed by atoms with Crippen LogP contribution in [0.5, 0.6) is 0 Å². The molecule has 1 N–H and O–H groups in total. The summed E-state index contributed by atoms with van der Waals surface area (Å²) in [5.74, 6) is 0.202. The number of carbonyl (C=O) groups is 4. The van der Waals surface area contributed by atoms with Crippen molar-refractivity contribution < 1.29 is 28.7 Å². The molecule has 3 unspecified atom stereocenters. The highest BCUT2D eigenvalue weighted by molar-refractivity contribution is 5.93. The monoisotopic (exact) mass is 651 g/mol. The van der Waals surface area contributed by atoms with E-state index in [9.17, 15) is 28.8 Å². The van der Waals surface area contributed by atoms with Gasteiger partial charge in [0.1, 0.15) is 36.3 Å². The van der Waals surface area contributed by atoms with Crippen molar-refractivity contribution in [3.8, 4) is 0 Å². The molecular weight excluding hydrogens is 606 g/mol. The van der Waals surface area contributed by atoms with E-state index >= 15 is 0 Å². The van der Waals surface area contributed by atoms with E-state index < -0.39 is 41.0 Å². The van der Waals surface area contributed by atoms with Crippen LogP contribution in [0.2, 0.25) is 0 Å². The zero-order chi connectivity index (χ0) is 33.8. The Morgan fingerprint density at radius 2 is 1.94 bits per heavy atom. The highest BCUT2D eigenvalue weighted by Gasteiger charge is 2.66. The zero-order valence-corrected chi connectivity index (χ0v) is 27.6. The fourth-order valence-corrected chi connectivity index (χ4v) is 10.2. The Balaban J connectivity index is 1.07. The molecule has 47 heavy (non-hydrogen) atoms. The average molecular weight is 652 g/mol. The molecule has 4 saturated carbocycles. The van der Waals surface area contributed by atoms with Crippen molar-refractivity contribution in [1.82, 2.24) is 9.55 Å². The number of rotatable bonds is 8. The average Bonchev–Trinajstić information content (AvgIpc) is 3.59. The predicted octanol–water partition coefficient (Wildman–Crippen LogP) is 4.36. The number of fused-ring (bicyclic) bond motifs is 5. The van der Waals surface area contributed by atoms with Gasteiger partial charge >= 0.3 is 11.7 Å². The third-order valence-electron chi connectivity index (χ3n) is 13.0. The number of carbonyl (C=O) groups excluding carboxylic acids is 4. The van der Waals surface area contributed by atoms with Crippen LogP contribution in [0.4, 0.5) is 0 Å². The molecule has 5 aliphatic rings. The van der Waals surface area contributed by atoms with Gasteiger partial charge in [0, 0.05) is 66.5 Å². The summed E-state index contributed by atoms with van der Waals surface area (Å²) in [6.07, 6.45) is 4.84. The lowest BCUT2D eigenvalue weighted by molar-refractivity contribution is -0.166. The third-order valence-corrected chi connectivity index (χ3v) is 13.0. The molecule has 254 valence electrons. The lowest BCUT2D eigenvalue weighted by Gasteiger charge is -2.58. The van der Waals surface area contributed by atoms with Gasteiger partial charge in [-0.2, -0.15) is 0 Å². The molecule has 4 aliphatic carbocycles. The van der Waals surface area contributed by atoms with Crippen LogP contribution in [0.3, 0.4) is 0 Å². The first-order valence-electron chi connectivity index (χ1n) is 17.0. The Labute approximate surface area is 272 Å². The number of Topliss-reactive ketones (excluding diaryl/α,β-unsaturated/α-hetero) is 3. The lowest BCUT2D eigenvalue weighted by Crippen LogP contribution is -2.60. The number of aryl methyl sites for hydroxylation is 1. The molecule has 0 radical (unpaired) electrons. The Morgan fingerprint density at radius 1 is 1.17 bits per heavy atom. The Hall–Kier alpha value is -3.57. The lowest BCUT2D eigenvalue weighted by atomic mass is 9.44. The van der Waals surface area contributed by atoms with Crippen molar-refractivity contribution in [1.29, 1.82) is 0 Å². The minimum atomic E-state index is -0.800. The number of esters is 1. The van der Waals surface area contributed by atoms with Crippen LogP contribution in [0.1, 0.15) is 96.8 Å². The van der Waals surface area contributed by atoms with Gasteiger partial charge in [0.15, 0.2) is 0 Å². The maximum atomic E-state index is 14.1. The standard InChI is InChI=1S/C34H45N5O8/c1-17(5-8-29(43)46-16-26-24(37-38-35)14-28(47-26)39-15-18(2)31(44)36-32(39)45)21-6-7-22-30-23(13-27(42)34(21,22)4)33(3)10-9-20(40)11-19(33)12-25(30)41/h15,17,19,21-24,26,28,30H,5-14,16H2,1-4H3,(H,36,44,45)/t17-,19+,21-,22+,23+,24?,26?,28?,30+,33+,34-/m1/s1. The van der Waals surface area contributed by atoms with Crippen molar-refractivity contribution in [2.45, 2.75) is 110 Å². The van der Waals surface area contributed by atoms with Crippen LogP contribution in [-0.4, -0.2) is 51.6 Å². The second-order valence-corrected chi connectivity index (χ2v) is 15.3. The minimum Gasteiger partial charge on any atom is -0.463 e. The van der Waals surface area contributed by atoms with Gasteiger partial charge < -0.3 is 9.47 Å². The molecule has 0 bridgehead atoms. The van der Waals surface area contributed by atoms with E-state index in [1.807, 2.05) is 6.92 Å². The first kappa shape index (κ1) is 33.3. The first-order valence-corrected chi connectivity index (χ1v) is 17.0. The second-order valence-electron chi connectivity index (χ2n) is 15.3. The Kier molecular flexibility index (Phi) is 8.84. The van der Waals surface area contributed by atoms with Gasteiger partial charge in [-0.1, -0.05) is 25.9 Å². The number of ketones is 3. The van der Waals surface area contributed by atoms with Gasteiger partial charge in [0.2, 0.25) is 0 Å². The van der Waals surface area contributed by atoms with E-state index in [0.29, 0.717) is 37.7 Å². The summed E-state index contributed by atoms with van der Waals surface area (Å²) in [7, 11) is 0. The summed E-state index contributed by atoms with van der Waals surface area (Å²) >= 11 is 0. The smallest absolute Gasteiger partial charge is 0.330 e. The Bertz CT molecular complexity index is 1640. The van der Waals surface area contributed by atoms with Crippen molar-refractivity contribution >= 4 is 23.3 Å². The molecular formula is C34H45N5O8. The van der Waals surface area contributed by atoms with Gasteiger partial charge in [-0.25, -0.2) is 4.79 Å². The number of hydrogen-bond acceptors (Lipinski definition) is 9. The highest BCUT2D eigenvalue weighted by Crippen LogP contribution is 2.66. The van der Waals surface area contributed by atoms with E-state index in [1.54, 1.807) is 6.92 Å². The second kappa shape index (κ2) is 12.5. The van der Waals surface area contributed by atoms with Crippen LogP contribution < -0.4 is 11.2 Å². The number of nitrogens with one attached hydrogen (secondary N) is 1. The van der Waals surface area contributed by atoms with Gasteiger partial charge in [-0.3, -0.25) is 33.5 Å². The molecule has 1 aromatic heterocycles. The van der Waals surface area contributed by atoms with Crippen molar-refractivity contribution in [2.24, 2.45) is 51.5 Å². The molecule has 13 nitrogen and oxygen atoms in total. The maximum Gasteiger partial charge on any atom is 0.330 e. The van der Waals surface area contributed by atoms with E-state index in [1.165, 1.54) is 10.8 Å². The SMILES string of the molecule is Cc1cn(C2CC(N=[N+]=[N-])C(COC(=O)CC[C@@H](C)[C@H]3CC[C@H]4[C@@H]5C(=O)C[C@@H]6CC(=O)CC[C@]6(C)[C@H]5CC(=O)[C@]34C)O2)c(=O)[nH]c1=O. The number of aromatic amines is 1. The normalized spacial score (nSPS) is 38.6.